The number of aryl methyl sites for hydroxylation is 1. The Bertz CT molecular complexity index is 987. The van der Waals surface area contributed by atoms with Gasteiger partial charge >= 0.3 is 0 Å². The van der Waals surface area contributed by atoms with Crippen LogP contribution in [0.25, 0.3) is 22.4 Å². The van der Waals surface area contributed by atoms with Crippen LogP contribution in [0.4, 0.5) is 0 Å². The van der Waals surface area contributed by atoms with Crippen molar-refractivity contribution >= 4 is 11.0 Å². The molecule has 0 atom stereocenters. The van der Waals surface area contributed by atoms with Gasteiger partial charge in [0.2, 0.25) is 0 Å². The van der Waals surface area contributed by atoms with Gasteiger partial charge < -0.3 is 4.98 Å². The number of para-hydroxylation sites is 2. The van der Waals surface area contributed by atoms with E-state index >= 15 is 0 Å². The second-order valence-corrected chi connectivity index (χ2v) is 6.66. The zero-order chi connectivity index (χ0) is 17.9. The minimum absolute atomic E-state index is 0.744. The van der Waals surface area contributed by atoms with Gasteiger partial charge in [-0.25, -0.2) is 15.0 Å². The Balaban J connectivity index is 1.43. The summed E-state index contributed by atoms with van der Waals surface area (Å²) in [6.07, 6.45) is 3.81. The van der Waals surface area contributed by atoms with Gasteiger partial charge in [0.25, 0.3) is 0 Å². The van der Waals surface area contributed by atoms with E-state index in [9.17, 15) is 0 Å². The van der Waals surface area contributed by atoms with Crippen LogP contribution in [0.5, 0.6) is 0 Å². The maximum absolute atomic E-state index is 4.63. The predicted octanol–water partition coefficient (Wildman–Crippen LogP) is 3.96. The fraction of sp³-hybridized carbons (Fsp3) is 0.190. The van der Waals surface area contributed by atoms with E-state index in [4.69, 9.17) is 0 Å². The fourth-order valence-corrected chi connectivity index (χ4v) is 3.07. The Morgan fingerprint density at radius 2 is 1.77 bits per heavy atom. The lowest BCUT2D eigenvalue weighted by Gasteiger charge is -2.14. The summed E-state index contributed by atoms with van der Waals surface area (Å²) < 4.78 is 0. The van der Waals surface area contributed by atoms with Gasteiger partial charge in [-0.3, -0.25) is 4.90 Å². The average molecular weight is 343 g/mol. The summed E-state index contributed by atoms with van der Waals surface area (Å²) in [4.78, 5) is 19.2. The lowest BCUT2D eigenvalue weighted by atomic mass is 10.1. The molecule has 0 radical (unpaired) electrons. The highest BCUT2D eigenvalue weighted by molar-refractivity contribution is 5.74. The second kappa shape index (κ2) is 7.06. The lowest BCUT2D eigenvalue weighted by Crippen LogP contribution is -2.18. The van der Waals surface area contributed by atoms with Gasteiger partial charge in [-0.2, -0.15) is 0 Å². The zero-order valence-electron chi connectivity index (χ0n) is 15.0. The number of rotatable bonds is 5. The Morgan fingerprint density at radius 3 is 2.54 bits per heavy atom. The van der Waals surface area contributed by atoms with Crippen molar-refractivity contribution < 1.29 is 0 Å². The van der Waals surface area contributed by atoms with Gasteiger partial charge in [0.15, 0.2) is 5.82 Å². The molecule has 0 amide bonds. The van der Waals surface area contributed by atoms with Crippen LogP contribution in [-0.2, 0) is 13.1 Å². The number of aromatic amines is 1. The minimum atomic E-state index is 0.744. The normalized spacial score (nSPS) is 11.3. The molecule has 0 saturated heterocycles. The van der Waals surface area contributed by atoms with Crippen molar-refractivity contribution in [3.05, 3.63) is 77.9 Å². The molecule has 0 saturated carbocycles. The largest absolute Gasteiger partial charge is 0.341 e. The molecule has 0 fully saturated rings. The smallest absolute Gasteiger partial charge is 0.159 e. The van der Waals surface area contributed by atoms with Gasteiger partial charge in [0, 0.05) is 30.1 Å². The van der Waals surface area contributed by atoms with E-state index < -0.39 is 0 Å². The average Bonchev–Trinajstić information content (AvgIpc) is 3.04. The molecule has 5 nitrogen and oxygen atoms in total. The Hall–Kier alpha value is -3.05. The van der Waals surface area contributed by atoms with Crippen LogP contribution in [0.15, 0.2) is 60.9 Å². The molecular weight excluding hydrogens is 322 g/mol. The van der Waals surface area contributed by atoms with E-state index in [1.54, 1.807) is 0 Å². The first-order valence-corrected chi connectivity index (χ1v) is 8.67. The summed E-state index contributed by atoms with van der Waals surface area (Å²) in [6, 6.07) is 16.3. The third-order valence-corrected chi connectivity index (χ3v) is 4.29. The molecule has 4 rings (SSSR count). The van der Waals surface area contributed by atoms with Gasteiger partial charge in [0.1, 0.15) is 5.82 Å². The third-order valence-electron chi connectivity index (χ3n) is 4.29. The molecule has 26 heavy (non-hydrogen) atoms. The summed E-state index contributed by atoms with van der Waals surface area (Å²) >= 11 is 0. The first-order chi connectivity index (χ1) is 12.7. The van der Waals surface area contributed by atoms with E-state index in [-0.39, 0.29) is 0 Å². The van der Waals surface area contributed by atoms with Crippen LogP contribution in [-0.4, -0.2) is 31.9 Å². The van der Waals surface area contributed by atoms with Crippen molar-refractivity contribution in [3.63, 3.8) is 0 Å². The SMILES string of the molecule is Cc1cccc(-c2ncc(CN(C)Cc3nc4ccccc4[nH]3)cn2)c1. The van der Waals surface area contributed by atoms with Crippen molar-refractivity contribution in [2.75, 3.05) is 7.05 Å². The van der Waals surface area contributed by atoms with Crippen molar-refractivity contribution in [1.29, 1.82) is 0 Å². The maximum atomic E-state index is 4.63. The lowest BCUT2D eigenvalue weighted by molar-refractivity contribution is 0.311. The van der Waals surface area contributed by atoms with Crippen LogP contribution in [0.2, 0.25) is 0 Å². The predicted molar refractivity (Wildman–Crippen MR) is 103 cm³/mol. The molecule has 0 unspecified atom stereocenters. The molecular formula is C21H21N5. The highest BCUT2D eigenvalue weighted by Crippen LogP contribution is 2.16. The number of imidazole rings is 1. The number of aromatic nitrogens is 4. The molecule has 2 heterocycles. The van der Waals surface area contributed by atoms with Crippen LogP contribution >= 0.6 is 0 Å². The number of nitrogens with zero attached hydrogens (tertiary/aromatic N) is 4. The summed E-state index contributed by atoms with van der Waals surface area (Å²) in [5, 5.41) is 0. The first-order valence-electron chi connectivity index (χ1n) is 8.67. The van der Waals surface area contributed by atoms with Gasteiger partial charge in [-0.1, -0.05) is 35.9 Å². The monoisotopic (exact) mass is 343 g/mol. The van der Waals surface area contributed by atoms with Gasteiger partial charge in [0.05, 0.1) is 17.6 Å². The van der Waals surface area contributed by atoms with Crippen LogP contribution in [0.3, 0.4) is 0 Å². The fourth-order valence-electron chi connectivity index (χ4n) is 3.07. The molecule has 2 aromatic carbocycles. The van der Waals surface area contributed by atoms with Crippen LogP contribution in [0.1, 0.15) is 17.0 Å². The molecule has 0 spiro atoms. The van der Waals surface area contributed by atoms with Gasteiger partial charge in [-0.05, 0) is 32.2 Å². The first kappa shape index (κ1) is 16.4. The highest BCUT2D eigenvalue weighted by Gasteiger charge is 2.08. The van der Waals surface area contributed by atoms with Crippen molar-refractivity contribution in [2.45, 2.75) is 20.0 Å². The topological polar surface area (TPSA) is 57.7 Å². The Morgan fingerprint density at radius 1 is 0.962 bits per heavy atom. The molecule has 0 bridgehead atoms. The number of hydrogen-bond donors (Lipinski definition) is 1. The van der Waals surface area contributed by atoms with Gasteiger partial charge in [-0.15, -0.1) is 0 Å². The van der Waals surface area contributed by atoms with E-state index in [0.29, 0.717) is 0 Å². The van der Waals surface area contributed by atoms with E-state index in [1.807, 2.05) is 48.8 Å². The van der Waals surface area contributed by atoms with Crippen LogP contribution < -0.4 is 0 Å². The number of hydrogen-bond acceptors (Lipinski definition) is 4. The molecule has 130 valence electrons. The summed E-state index contributed by atoms with van der Waals surface area (Å²) in [6.45, 7) is 3.59. The quantitative estimate of drug-likeness (QED) is 0.596. The maximum Gasteiger partial charge on any atom is 0.159 e. The zero-order valence-corrected chi connectivity index (χ0v) is 15.0. The molecule has 0 aliphatic heterocycles. The number of nitrogens with one attached hydrogen (secondary N) is 1. The molecule has 4 aromatic rings. The highest BCUT2D eigenvalue weighted by atomic mass is 15.1. The summed E-state index contributed by atoms with van der Waals surface area (Å²) in [5.74, 6) is 1.73. The van der Waals surface area contributed by atoms with E-state index in [2.05, 4.69) is 50.9 Å². The van der Waals surface area contributed by atoms with Crippen molar-refractivity contribution in [3.8, 4) is 11.4 Å². The molecule has 5 heteroatoms. The summed E-state index contributed by atoms with van der Waals surface area (Å²) in [7, 11) is 2.07. The minimum Gasteiger partial charge on any atom is -0.341 e. The number of H-pyrrole nitrogens is 1. The molecule has 1 N–H and O–H groups in total. The molecule has 0 aliphatic carbocycles. The Labute approximate surface area is 152 Å². The summed E-state index contributed by atoms with van der Waals surface area (Å²) in [5.41, 5.74) is 5.41. The number of fused-ring (bicyclic) bond motifs is 1. The molecule has 2 aromatic heterocycles. The number of benzene rings is 2. The Kier molecular flexibility index (Phi) is 4.46. The third kappa shape index (κ3) is 3.63. The van der Waals surface area contributed by atoms with Crippen LogP contribution in [0, 0.1) is 6.92 Å². The van der Waals surface area contributed by atoms with E-state index in [0.717, 1.165) is 46.9 Å². The standard InChI is InChI=1S/C21H21N5/c1-15-6-5-7-17(10-15)21-22-11-16(12-23-21)13-26(2)14-20-24-18-8-3-4-9-19(18)25-20/h3-12H,13-14H2,1-2H3,(H,24,25). The van der Waals surface area contributed by atoms with Crippen molar-refractivity contribution in [2.24, 2.45) is 0 Å². The van der Waals surface area contributed by atoms with E-state index in [1.165, 1.54) is 5.56 Å². The molecule has 0 aliphatic rings. The second-order valence-electron chi connectivity index (χ2n) is 6.66. The van der Waals surface area contributed by atoms with Crippen molar-refractivity contribution in [1.82, 2.24) is 24.8 Å².